The molecule has 0 saturated carbocycles. The van der Waals surface area contributed by atoms with E-state index in [2.05, 4.69) is 11.6 Å². The molecule has 5 heteroatoms. The van der Waals surface area contributed by atoms with Gasteiger partial charge in [-0.3, -0.25) is 0 Å². The molecule has 0 aromatic heterocycles. The Kier molecular flexibility index (Phi) is 5.88. The summed E-state index contributed by atoms with van der Waals surface area (Å²) < 4.78 is 19.4. The number of carboxylic acids is 1. The largest absolute Gasteiger partial charge is 0.481 e. The molecule has 1 N–H and O–H groups in total. The van der Waals surface area contributed by atoms with Crippen LogP contribution in [0.3, 0.4) is 0 Å². The van der Waals surface area contributed by atoms with E-state index in [1.165, 1.54) is 19.2 Å². The molecule has 146 valence electrons. The maximum atomic E-state index is 14.0. The molecule has 0 heterocycles. The van der Waals surface area contributed by atoms with E-state index in [-0.39, 0.29) is 5.70 Å². The highest BCUT2D eigenvalue weighted by atomic mass is 19.1. The number of aromatic carboxylic acids is 1. The van der Waals surface area contributed by atoms with Crippen LogP contribution >= 0.6 is 0 Å². The Morgan fingerprint density at radius 2 is 1.72 bits per heavy atom. The van der Waals surface area contributed by atoms with E-state index in [0.717, 1.165) is 28.3 Å². The molecule has 0 bridgehead atoms. The predicted octanol–water partition coefficient (Wildman–Crippen LogP) is 5.56. The summed E-state index contributed by atoms with van der Waals surface area (Å²) in [6.07, 6.45) is 0. The highest BCUT2D eigenvalue weighted by Gasteiger charge is 2.13. The minimum Gasteiger partial charge on any atom is -0.481 e. The van der Waals surface area contributed by atoms with Gasteiger partial charge in [-0.1, -0.05) is 49.0 Å². The molecule has 0 amide bonds. The number of methoxy groups -OCH3 is 1. The third-order valence-corrected chi connectivity index (χ3v) is 4.52. The number of halogens is 1. The van der Waals surface area contributed by atoms with Gasteiger partial charge in [-0.05, 0) is 47.9 Å². The second-order valence-electron chi connectivity index (χ2n) is 6.46. The number of aryl methyl sites for hydroxylation is 1. The van der Waals surface area contributed by atoms with Gasteiger partial charge in [0.05, 0.1) is 18.4 Å². The molecule has 0 saturated heterocycles. The lowest BCUT2D eigenvalue weighted by Crippen LogP contribution is -2.05. The Bertz CT molecular complexity index is 1100. The van der Waals surface area contributed by atoms with Gasteiger partial charge in [-0.25, -0.2) is 14.2 Å². The first kappa shape index (κ1) is 20.0. The number of hydrogen-bond donors (Lipinski definition) is 1. The summed E-state index contributed by atoms with van der Waals surface area (Å²) in [5, 5.41) is 8.95. The molecule has 0 fully saturated rings. The number of nitrogens with zero attached hydrogens (tertiary/aromatic N) is 1. The van der Waals surface area contributed by atoms with Crippen molar-refractivity contribution < 1.29 is 19.0 Å². The summed E-state index contributed by atoms with van der Waals surface area (Å²) in [6.45, 7) is 5.87. The van der Waals surface area contributed by atoms with Crippen molar-refractivity contribution in [3.8, 4) is 11.1 Å². The monoisotopic (exact) mass is 389 g/mol. The molecule has 4 nitrogen and oxygen atoms in total. The van der Waals surface area contributed by atoms with Gasteiger partial charge in [0, 0.05) is 11.1 Å². The van der Waals surface area contributed by atoms with Gasteiger partial charge < -0.3 is 9.84 Å². The highest BCUT2D eigenvalue weighted by Crippen LogP contribution is 2.25. The van der Waals surface area contributed by atoms with E-state index in [0.29, 0.717) is 11.5 Å². The van der Waals surface area contributed by atoms with E-state index < -0.39 is 17.3 Å². The molecular weight excluding hydrogens is 369 g/mol. The first-order chi connectivity index (χ1) is 13.9. The third kappa shape index (κ3) is 4.41. The summed E-state index contributed by atoms with van der Waals surface area (Å²) >= 11 is 0. The number of hydrogen-bond acceptors (Lipinski definition) is 3. The van der Waals surface area contributed by atoms with Crippen molar-refractivity contribution in [2.45, 2.75) is 6.92 Å². The van der Waals surface area contributed by atoms with Crippen LogP contribution in [0.15, 0.2) is 78.3 Å². The topological polar surface area (TPSA) is 58.9 Å². The van der Waals surface area contributed by atoms with E-state index in [4.69, 9.17) is 9.84 Å². The van der Waals surface area contributed by atoms with Crippen molar-refractivity contribution in [3.63, 3.8) is 0 Å². The van der Waals surface area contributed by atoms with Gasteiger partial charge in [0.15, 0.2) is 0 Å². The minimum absolute atomic E-state index is 0.266. The summed E-state index contributed by atoms with van der Waals surface area (Å²) in [5.41, 5.74) is 4.28. The predicted molar refractivity (Wildman–Crippen MR) is 113 cm³/mol. The Morgan fingerprint density at radius 3 is 2.31 bits per heavy atom. The van der Waals surface area contributed by atoms with E-state index in [1.54, 1.807) is 0 Å². The fourth-order valence-electron chi connectivity index (χ4n) is 3.02. The average Bonchev–Trinajstić information content (AvgIpc) is 2.72. The first-order valence-corrected chi connectivity index (χ1v) is 8.92. The molecule has 3 rings (SSSR count). The molecule has 29 heavy (non-hydrogen) atoms. The molecule has 0 aliphatic carbocycles. The Labute approximate surface area is 168 Å². The van der Waals surface area contributed by atoms with Crippen molar-refractivity contribution in [3.05, 3.63) is 101 Å². The molecular formula is C24H20FNO3. The molecule has 3 aromatic rings. The van der Waals surface area contributed by atoms with Gasteiger partial charge >= 0.3 is 5.97 Å². The number of carboxylic acid groups (broad SMARTS) is 1. The smallest absolute Gasteiger partial charge is 0.338 e. The quantitative estimate of drug-likeness (QED) is 0.459. The molecule has 0 unspecified atom stereocenters. The van der Waals surface area contributed by atoms with Crippen LogP contribution in [-0.2, 0) is 4.74 Å². The van der Waals surface area contributed by atoms with Crippen molar-refractivity contribution >= 4 is 17.6 Å². The summed E-state index contributed by atoms with van der Waals surface area (Å²) in [5.74, 6) is -1.83. The summed E-state index contributed by atoms with van der Waals surface area (Å²) in [7, 11) is 1.50. The van der Waals surface area contributed by atoms with E-state index in [1.807, 2.05) is 55.5 Å². The zero-order valence-electron chi connectivity index (χ0n) is 16.1. The van der Waals surface area contributed by atoms with Gasteiger partial charge in [-0.15, -0.1) is 0 Å². The minimum atomic E-state index is -1.32. The van der Waals surface area contributed by atoms with Crippen LogP contribution in [0.1, 0.15) is 27.0 Å². The SMILES string of the molecule is C=C(N=C(OC)c1ccc(-c2ccccc2)c(C)c1)c1ccc(C(=O)O)c(F)c1. The van der Waals surface area contributed by atoms with Gasteiger partial charge in [0.1, 0.15) is 5.82 Å². The fourth-order valence-corrected chi connectivity index (χ4v) is 3.02. The van der Waals surface area contributed by atoms with Crippen LogP contribution in [-0.4, -0.2) is 24.1 Å². The molecule has 0 radical (unpaired) electrons. The van der Waals surface area contributed by atoms with Gasteiger partial charge in [0.25, 0.3) is 0 Å². The number of carbonyl (C=O) groups is 1. The maximum Gasteiger partial charge on any atom is 0.338 e. The Hall–Kier alpha value is -3.73. The van der Waals surface area contributed by atoms with Crippen molar-refractivity contribution in [1.82, 2.24) is 0 Å². The van der Waals surface area contributed by atoms with E-state index >= 15 is 0 Å². The first-order valence-electron chi connectivity index (χ1n) is 8.92. The maximum absolute atomic E-state index is 14.0. The zero-order chi connectivity index (χ0) is 21.0. The van der Waals surface area contributed by atoms with Crippen LogP contribution in [0.4, 0.5) is 4.39 Å². The lowest BCUT2D eigenvalue weighted by atomic mass is 9.98. The highest BCUT2D eigenvalue weighted by molar-refractivity contribution is 5.98. The molecule has 0 aliphatic rings. The van der Waals surface area contributed by atoms with Crippen LogP contribution in [0, 0.1) is 12.7 Å². The molecule has 0 atom stereocenters. The van der Waals surface area contributed by atoms with Crippen LogP contribution in [0.25, 0.3) is 16.8 Å². The van der Waals surface area contributed by atoms with Gasteiger partial charge in [-0.2, -0.15) is 0 Å². The lowest BCUT2D eigenvalue weighted by molar-refractivity contribution is 0.0692. The standard InChI is InChI=1S/C24H20FNO3/c1-15-13-19(10-11-20(15)17-7-5-4-6-8-17)23(29-3)26-16(2)18-9-12-21(24(27)28)22(25)14-18/h4-14H,2H2,1,3H3,(H,27,28). The van der Waals surface area contributed by atoms with Crippen molar-refractivity contribution in [1.29, 1.82) is 0 Å². The van der Waals surface area contributed by atoms with Crippen LogP contribution in [0.5, 0.6) is 0 Å². The molecule has 0 aliphatic heterocycles. The van der Waals surface area contributed by atoms with Crippen LogP contribution < -0.4 is 0 Å². The van der Waals surface area contributed by atoms with Crippen LogP contribution in [0.2, 0.25) is 0 Å². The normalized spacial score (nSPS) is 11.2. The molecule has 3 aromatic carbocycles. The van der Waals surface area contributed by atoms with Gasteiger partial charge in [0.2, 0.25) is 5.90 Å². The number of benzene rings is 3. The number of ether oxygens (including phenoxy) is 1. The fraction of sp³-hybridized carbons (Fsp3) is 0.0833. The second kappa shape index (κ2) is 8.52. The lowest BCUT2D eigenvalue weighted by Gasteiger charge is -2.11. The number of aliphatic imine (C=N–C) groups is 1. The van der Waals surface area contributed by atoms with Crippen molar-refractivity contribution in [2.24, 2.45) is 4.99 Å². The average molecular weight is 389 g/mol. The summed E-state index contributed by atoms with van der Waals surface area (Å²) in [4.78, 5) is 15.3. The number of rotatable bonds is 5. The summed E-state index contributed by atoms with van der Waals surface area (Å²) in [6, 6.07) is 19.7. The second-order valence-corrected chi connectivity index (χ2v) is 6.46. The Balaban J connectivity index is 1.92. The Morgan fingerprint density at radius 1 is 1.03 bits per heavy atom. The van der Waals surface area contributed by atoms with Crippen molar-refractivity contribution in [2.75, 3.05) is 7.11 Å². The van der Waals surface area contributed by atoms with E-state index in [9.17, 15) is 9.18 Å². The third-order valence-electron chi connectivity index (χ3n) is 4.52. The zero-order valence-corrected chi connectivity index (χ0v) is 16.1. The molecule has 0 spiro atoms.